The molecule has 0 fully saturated rings. The molecule has 0 aliphatic rings. The molecule has 1 heterocycles. The van der Waals surface area contributed by atoms with Gasteiger partial charge in [0.2, 0.25) is 0 Å². The lowest BCUT2D eigenvalue weighted by atomic mass is 9.96. The fourth-order valence-electron chi connectivity index (χ4n) is 1.10. The van der Waals surface area contributed by atoms with E-state index in [2.05, 4.69) is 33.0 Å². The third-order valence-corrected chi connectivity index (χ3v) is 1.91. The topological polar surface area (TPSA) is 25.2 Å². The highest BCUT2D eigenvalue weighted by molar-refractivity contribution is 5.02. The van der Waals surface area contributed by atoms with Crippen molar-refractivity contribution in [2.75, 3.05) is 6.54 Å². The minimum atomic E-state index is 0.300. The summed E-state index contributed by atoms with van der Waals surface area (Å²) in [5.41, 5.74) is 0.320. The van der Waals surface area contributed by atoms with E-state index in [-0.39, 0.29) is 0 Å². The van der Waals surface area contributed by atoms with Crippen LogP contribution in [0.2, 0.25) is 0 Å². The summed E-state index contributed by atoms with van der Waals surface area (Å²) in [6.45, 7) is 9.76. The second-order valence-electron chi connectivity index (χ2n) is 4.68. The number of hydrogen-bond donors (Lipinski definition) is 1. The molecule has 1 N–H and O–H groups in total. The quantitative estimate of drug-likeness (QED) is 0.775. The van der Waals surface area contributed by atoms with Gasteiger partial charge in [0.25, 0.3) is 0 Å². The Morgan fingerprint density at radius 3 is 2.62 bits per heavy atom. The first-order chi connectivity index (χ1) is 5.99. The van der Waals surface area contributed by atoms with Crippen LogP contribution in [0.3, 0.4) is 0 Å². The third kappa shape index (κ3) is 3.64. The molecular formula is C11H19NO. The highest BCUT2D eigenvalue weighted by Crippen LogP contribution is 2.16. The van der Waals surface area contributed by atoms with Gasteiger partial charge < -0.3 is 9.73 Å². The van der Waals surface area contributed by atoms with Gasteiger partial charge in [0.05, 0.1) is 12.3 Å². The van der Waals surface area contributed by atoms with Gasteiger partial charge in [-0.15, -0.1) is 0 Å². The molecule has 1 rings (SSSR count). The molecule has 0 aliphatic heterocycles. The van der Waals surface area contributed by atoms with E-state index in [0.717, 1.165) is 12.3 Å². The van der Waals surface area contributed by atoms with Crippen molar-refractivity contribution in [1.82, 2.24) is 5.32 Å². The molecule has 0 spiro atoms. The van der Waals surface area contributed by atoms with E-state index in [4.69, 9.17) is 4.42 Å². The van der Waals surface area contributed by atoms with Crippen molar-refractivity contribution >= 4 is 0 Å². The molecule has 0 saturated heterocycles. The molecule has 0 bridgehead atoms. The van der Waals surface area contributed by atoms with Crippen molar-refractivity contribution in [2.24, 2.45) is 5.41 Å². The molecule has 0 aliphatic carbocycles. The molecule has 1 aromatic heterocycles. The monoisotopic (exact) mass is 181 g/mol. The summed E-state index contributed by atoms with van der Waals surface area (Å²) >= 11 is 0. The van der Waals surface area contributed by atoms with Crippen molar-refractivity contribution in [1.29, 1.82) is 0 Å². The predicted octanol–water partition coefficient (Wildman–Crippen LogP) is 2.98. The van der Waals surface area contributed by atoms with Crippen molar-refractivity contribution in [3.05, 3.63) is 24.2 Å². The van der Waals surface area contributed by atoms with Gasteiger partial charge in [-0.3, -0.25) is 0 Å². The first-order valence-corrected chi connectivity index (χ1v) is 4.76. The van der Waals surface area contributed by atoms with Crippen molar-refractivity contribution in [3.63, 3.8) is 0 Å². The minimum absolute atomic E-state index is 0.300. The molecule has 1 atom stereocenters. The lowest BCUT2D eigenvalue weighted by molar-refractivity contribution is 0.338. The zero-order valence-corrected chi connectivity index (χ0v) is 8.92. The van der Waals surface area contributed by atoms with Crippen LogP contribution in [0.1, 0.15) is 39.5 Å². The van der Waals surface area contributed by atoms with Gasteiger partial charge in [-0.05, 0) is 24.5 Å². The molecular weight excluding hydrogens is 162 g/mol. The van der Waals surface area contributed by atoms with E-state index >= 15 is 0 Å². The first-order valence-electron chi connectivity index (χ1n) is 4.76. The molecule has 0 saturated carbocycles. The average Bonchev–Trinajstić information content (AvgIpc) is 2.50. The summed E-state index contributed by atoms with van der Waals surface area (Å²) in [6.07, 6.45) is 1.71. The average molecular weight is 181 g/mol. The van der Waals surface area contributed by atoms with Gasteiger partial charge in [-0.25, -0.2) is 0 Å². The number of furan rings is 1. The second-order valence-corrected chi connectivity index (χ2v) is 4.68. The Balaban J connectivity index is 2.39. The Bertz CT molecular complexity index is 233. The molecule has 1 unspecified atom stereocenters. The summed E-state index contributed by atoms with van der Waals surface area (Å²) in [7, 11) is 0. The Morgan fingerprint density at radius 1 is 1.46 bits per heavy atom. The van der Waals surface area contributed by atoms with Gasteiger partial charge in [-0.1, -0.05) is 20.8 Å². The van der Waals surface area contributed by atoms with Crippen LogP contribution in [0.25, 0.3) is 0 Å². The standard InChI is InChI=1S/C11H19NO/c1-9(10-6-5-7-13-10)12-8-11(2,3)4/h5-7,9,12H,8H2,1-4H3. The van der Waals surface area contributed by atoms with E-state index in [1.165, 1.54) is 0 Å². The van der Waals surface area contributed by atoms with Gasteiger partial charge in [0, 0.05) is 6.54 Å². The van der Waals surface area contributed by atoms with Crippen LogP contribution in [0.4, 0.5) is 0 Å². The molecule has 0 amide bonds. The highest BCUT2D eigenvalue weighted by Gasteiger charge is 2.13. The van der Waals surface area contributed by atoms with Crippen LogP contribution in [0, 0.1) is 5.41 Å². The normalized spacial score (nSPS) is 14.5. The maximum atomic E-state index is 5.30. The highest BCUT2D eigenvalue weighted by atomic mass is 16.3. The predicted molar refractivity (Wildman–Crippen MR) is 54.6 cm³/mol. The summed E-state index contributed by atoms with van der Waals surface area (Å²) in [5.74, 6) is 1.00. The van der Waals surface area contributed by atoms with Crippen LogP contribution in [-0.2, 0) is 0 Å². The fraction of sp³-hybridized carbons (Fsp3) is 0.636. The first kappa shape index (κ1) is 10.3. The largest absolute Gasteiger partial charge is 0.468 e. The lowest BCUT2D eigenvalue weighted by Gasteiger charge is -2.21. The lowest BCUT2D eigenvalue weighted by Crippen LogP contribution is -2.28. The third-order valence-electron chi connectivity index (χ3n) is 1.91. The van der Waals surface area contributed by atoms with Crippen molar-refractivity contribution in [3.8, 4) is 0 Å². The van der Waals surface area contributed by atoms with Crippen LogP contribution in [0.5, 0.6) is 0 Å². The number of hydrogen-bond acceptors (Lipinski definition) is 2. The number of nitrogens with one attached hydrogen (secondary N) is 1. The maximum absolute atomic E-state index is 5.30. The number of rotatable bonds is 3. The van der Waals surface area contributed by atoms with Crippen LogP contribution in [-0.4, -0.2) is 6.54 Å². The molecule has 0 aromatic carbocycles. The van der Waals surface area contributed by atoms with Gasteiger partial charge in [0.1, 0.15) is 5.76 Å². The van der Waals surface area contributed by atoms with Gasteiger partial charge >= 0.3 is 0 Å². The van der Waals surface area contributed by atoms with E-state index in [9.17, 15) is 0 Å². The Hall–Kier alpha value is -0.760. The van der Waals surface area contributed by atoms with Crippen LogP contribution in [0.15, 0.2) is 22.8 Å². The summed E-state index contributed by atoms with van der Waals surface area (Å²) < 4.78 is 5.30. The Morgan fingerprint density at radius 2 is 2.15 bits per heavy atom. The molecule has 1 aromatic rings. The SMILES string of the molecule is CC(NCC(C)(C)C)c1ccco1. The van der Waals surface area contributed by atoms with Crippen LogP contribution >= 0.6 is 0 Å². The second kappa shape index (κ2) is 3.97. The molecule has 2 nitrogen and oxygen atoms in total. The maximum Gasteiger partial charge on any atom is 0.120 e. The summed E-state index contributed by atoms with van der Waals surface area (Å²) in [6, 6.07) is 4.22. The van der Waals surface area contributed by atoms with E-state index in [1.807, 2.05) is 12.1 Å². The molecule has 2 heteroatoms. The molecule has 0 radical (unpaired) electrons. The zero-order chi connectivity index (χ0) is 9.90. The van der Waals surface area contributed by atoms with Gasteiger partial charge in [-0.2, -0.15) is 0 Å². The van der Waals surface area contributed by atoms with E-state index in [0.29, 0.717) is 11.5 Å². The summed E-state index contributed by atoms with van der Waals surface area (Å²) in [5, 5.41) is 3.43. The Kier molecular flexibility index (Phi) is 3.15. The zero-order valence-electron chi connectivity index (χ0n) is 8.92. The van der Waals surface area contributed by atoms with E-state index in [1.54, 1.807) is 6.26 Å². The fourth-order valence-corrected chi connectivity index (χ4v) is 1.10. The molecule has 13 heavy (non-hydrogen) atoms. The smallest absolute Gasteiger partial charge is 0.120 e. The van der Waals surface area contributed by atoms with Crippen molar-refractivity contribution < 1.29 is 4.42 Å². The van der Waals surface area contributed by atoms with E-state index < -0.39 is 0 Å². The van der Waals surface area contributed by atoms with Gasteiger partial charge in [0.15, 0.2) is 0 Å². The molecule has 74 valence electrons. The minimum Gasteiger partial charge on any atom is -0.468 e. The van der Waals surface area contributed by atoms with Crippen LogP contribution < -0.4 is 5.32 Å². The Labute approximate surface area is 80.3 Å². The summed E-state index contributed by atoms with van der Waals surface area (Å²) in [4.78, 5) is 0. The van der Waals surface area contributed by atoms with Crippen molar-refractivity contribution in [2.45, 2.75) is 33.7 Å².